The predicted octanol–water partition coefficient (Wildman–Crippen LogP) is 1.92. The zero-order valence-corrected chi connectivity index (χ0v) is 10.8. The molecule has 0 aliphatic carbocycles. The third-order valence-corrected chi connectivity index (χ3v) is 3.81. The molecular formula is C12H16N4S. The zero-order valence-electron chi connectivity index (χ0n) is 10.00. The van der Waals surface area contributed by atoms with Crippen molar-refractivity contribution in [2.24, 2.45) is 12.8 Å². The summed E-state index contributed by atoms with van der Waals surface area (Å²) >= 11 is 1.64. The molecule has 0 aliphatic rings. The fourth-order valence-corrected chi connectivity index (χ4v) is 2.42. The Morgan fingerprint density at radius 2 is 2.00 bits per heavy atom. The fourth-order valence-electron chi connectivity index (χ4n) is 1.47. The minimum atomic E-state index is 0.0261. The van der Waals surface area contributed by atoms with Gasteiger partial charge in [-0.25, -0.2) is 0 Å². The summed E-state index contributed by atoms with van der Waals surface area (Å²) in [6.45, 7) is 1.94. The number of hydrogen-bond donors (Lipinski definition) is 1. The largest absolute Gasteiger partial charge is 0.323 e. The van der Waals surface area contributed by atoms with Crippen LogP contribution < -0.4 is 5.73 Å². The highest BCUT2D eigenvalue weighted by molar-refractivity contribution is 7.99. The van der Waals surface area contributed by atoms with E-state index in [1.165, 1.54) is 0 Å². The number of thioether (sulfide) groups is 1. The van der Waals surface area contributed by atoms with E-state index < -0.39 is 0 Å². The van der Waals surface area contributed by atoms with Crippen LogP contribution >= 0.6 is 11.8 Å². The Kier molecular flexibility index (Phi) is 3.81. The summed E-state index contributed by atoms with van der Waals surface area (Å²) in [7, 11) is 1.96. The van der Waals surface area contributed by atoms with Gasteiger partial charge in [0.1, 0.15) is 5.82 Å². The van der Waals surface area contributed by atoms with Gasteiger partial charge in [-0.15, -0.1) is 10.2 Å². The lowest BCUT2D eigenvalue weighted by atomic mass is 10.1. The number of hydrogen-bond acceptors (Lipinski definition) is 4. The normalized spacial score (nSPS) is 12.6. The standard InChI is InChI=1S/C12H16N4S/c1-9-14-15-12(16(9)2)17-8-11(13)10-6-4-3-5-7-10/h3-7,11H,8,13H2,1-2H3. The highest BCUT2D eigenvalue weighted by atomic mass is 32.2. The molecule has 5 heteroatoms. The first-order chi connectivity index (χ1) is 8.18. The molecule has 0 saturated carbocycles. The van der Waals surface area contributed by atoms with E-state index in [1.807, 2.05) is 48.9 Å². The van der Waals surface area contributed by atoms with Crippen molar-refractivity contribution in [3.8, 4) is 0 Å². The van der Waals surface area contributed by atoms with Gasteiger partial charge in [-0.1, -0.05) is 42.1 Å². The molecule has 0 saturated heterocycles. The van der Waals surface area contributed by atoms with Crippen molar-refractivity contribution < 1.29 is 0 Å². The molecule has 17 heavy (non-hydrogen) atoms. The maximum atomic E-state index is 6.12. The number of nitrogens with zero attached hydrogens (tertiary/aromatic N) is 3. The summed E-state index contributed by atoms with van der Waals surface area (Å²) in [4.78, 5) is 0. The molecule has 0 radical (unpaired) electrons. The van der Waals surface area contributed by atoms with E-state index >= 15 is 0 Å². The molecule has 90 valence electrons. The first kappa shape index (κ1) is 12.1. The van der Waals surface area contributed by atoms with E-state index in [0.717, 1.165) is 22.3 Å². The second-order valence-corrected chi connectivity index (χ2v) is 4.90. The van der Waals surface area contributed by atoms with Crippen LogP contribution in [0.2, 0.25) is 0 Å². The Morgan fingerprint density at radius 1 is 1.29 bits per heavy atom. The van der Waals surface area contributed by atoms with Crippen molar-refractivity contribution >= 4 is 11.8 Å². The van der Waals surface area contributed by atoms with Crippen molar-refractivity contribution in [2.45, 2.75) is 18.1 Å². The molecule has 2 N–H and O–H groups in total. The second kappa shape index (κ2) is 5.33. The van der Waals surface area contributed by atoms with Crippen LogP contribution in [0.15, 0.2) is 35.5 Å². The van der Waals surface area contributed by atoms with Gasteiger partial charge >= 0.3 is 0 Å². The summed E-state index contributed by atoms with van der Waals surface area (Å²) < 4.78 is 1.97. The quantitative estimate of drug-likeness (QED) is 0.840. The Labute approximate surface area is 105 Å². The minimum absolute atomic E-state index is 0.0261. The minimum Gasteiger partial charge on any atom is -0.323 e. The summed E-state index contributed by atoms with van der Waals surface area (Å²) in [6.07, 6.45) is 0. The van der Waals surface area contributed by atoms with Gasteiger partial charge in [0.25, 0.3) is 0 Å². The first-order valence-electron chi connectivity index (χ1n) is 5.48. The van der Waals surface area contributed by atoms with Gasteiger partial charge in [-0.2, -0.15) is 0 Å². The summed E-state index contributed by atoms with van der Waals surface area (Å²) in [6, 6.07) is 10.1. The maximum Gasteiger partial charge on any atom is 0.191 e. The molecule has 0 bridgehead atoms. The number of benzene rings is 1. The van der Waals surface area contributed by atoms with Gasteiger partial charge in [-0.05, 0) is 12.5 Å². The predicted molar refractivity (Wildman–Crippen MR) is 69.8 cm³/mol. The van der Waals surface area contributed by atoms with Crippen LogP contribution in [-0.2, 0) is 7.05 Å². The number of nitrogens with two attached hydrogens (primary N) is 1. The van der Waals surface area contributed by atoms with Crippen LogP contribution in [0, 0.1) is 6.92 Å². The third-order valence-electron chi connectivity index (χ3n) is 2.67. The first-order valence-corrected chi connectivity index (χ1v) is 6.46. The van der Waals surface area contributed by atoms with Gasteiger partial charge < -0.3 is 10.3 Å². The average molecular weight is 248 g/mol. The molecule has 2 aromatic rings. The Balaban J connectivity index is 1.97. The monoisotopic (exact) mass is 248 g/mol. The number of aryl methyl sites for hydroxylation is 1. The fraction of sp³-hybridized carbons (Fsp3) is 0.333. The van der Waals surface area contributed by atoms with Crippen molar-refractivity contribution in [1.82, 2.24) is 14.8 Å². The highest BCUT2D eigenvalue weighted by Gasteiger charge is 2.10. The van der Waals surface area contributed by atoms with Crippen molar-refractivity contribution in [3.63, 3.8) is 0 Å². The summed E-state index contributed by atoms with van der Waals surface area (Å²) in [5.41, 5.74) is 7.27. The van der Waals surface area contributed by atoms with Crippen molar-refractivity contribution in [1.29, 1.82) is 0 Å². The highest BCUT2D eigenvalue weighted by Crippen LogP contribution is 2.21. The van der Waals surface area contributed by atoms with Crippen LogP contribution in [0.25, 0.3) is 0 Å². The second-order valence-electron chi connectivity index (χ2n) is 3.92. The third kappa shape index (κ3) is 2.87. The van der Waals surface area contributed by atoms with Crippen LogP contribution in [0.5, 0.6) is 0 Å². The molecule has 0 fully saturated rings. The molecule has 1 aromatic heterocycles. The van der Waals surface area contributed by atoms with E-state index in [4.69, 9.17) is 5.73 Å². The lowest BCUT2D eigenvalue weighted by Crippen LogP contribution is -2.13. The van der Waals surface area contributed by atoms with E-state index in [1.54, 1.807) is 11.8 Å². The molecule has 0 aliphatic heterocycles. The van der Waals surface area contributed by atoms with Gasteiger partial charge in [0, 0.05) is 18.8 Å². The molecule has 1 unspecified atom stereocenters. The zero-order chi connectivity index (χ0) is 12.3. The lowest BCUT2D eigenvalue weighted by molar-refractivity contribution is 0.759. The van der Waals surface area contributed by atoms with Crippen molar-refractivity contribution in [3.05, 3.63) is 41.7 Å². The van der Waals surface area contributed by atoms with E-state index in [2.05, 4.69) is 10.2 Å². The van der Waals surface area contributed by atoms with Gasteiger partial charge in [0.15, 0.2) is 5.16 Å². The Hall–Kier alpha value is -1.33. The molecule has 1 aromatic carbocycles. The number of aromatic nitrogens is 3. The Morgan fingerprint density at radius 3 is 2.59 bits per heavy atom. The smallest absolute Gasteiger partial charge is 0.191 e. The average Bonchev–Trinajstić information content (AvgIpc) is 2.68. The molecular weight excluding hydrogens is 232 g/mol. The molecule has 0 amide bonds. The van der Waals surface area contributed by atoms with Crippen molar-refractivity contribution in [2.75, 3.05) is 5.75 Å². The van der Waals surface area contributed by atoms with Crippen LogP contribution in [0.1, 0.15) is 17.4 Å². The SMILES string of the molecule is Cc1nnc(SCC(N)c2ccccc2)n1C. The summed E-state index contributed by atoms with van der Waals surface area (Å²) in [5, 5.41) is 9.03. The van der Waals surface area contributed by atoms with Gasteiger partial charge in [0.05, 0.1) is 0 Å². The lowest BCUT2D eigenvalue weighted by Gasteiger charge is -2.10. The number of rotatable bonds is 4. The van der Waals surface area contributed by atoms with E-state index in [0.29, 0.717) is 0 Å². The van der Waals surface area contributed by atoms with Crippen LogP contribution in [0.4, 0.5) is 0 Å². The Bertz CT molecular complexity index is 481. The molecule has 0 spiro atoms. The van der Waals surface area contributed by atoms with Gasteiger partial charge in [0.2, 0.25) is 0 Å². The summed E-state index contributed by atoms with van der Waals surface area (Å²) in [5.74, 6) is 1.72. The van der Waals surface area contributed by atoms with Crippen LogP contribution in [0.3, 0.4) is 0 Å². The molecule has 1 heterocycles. The topological polar surface area (TPSA) is 56.7 Å². The van der Waals surface area contributed by atoms with E-state index in [-0.39, 0.29) is 6.04 Å². The maximum absolute atomic E-state index is 6.12. The van der Waals surface area contributed by atoms with Crippen LogP contribution in [-0.4, -0.2) is 20.5 Å². The molecule has 2 rings (SSSR count). The van der Waals surface area contributed by atoms with Gasteiger partial charge in [-0.3, -0.25) is 0 Å². The molecule has 1 atom stereocenters. The molecule has 4 nitrogen and oxygen atoms in total. The van der Waals surface area contributed by atoms with E-state index in [9.17, 15) is 0 Å².